The van der Waals surface area contributed by atoms with E-state index < -0.39 is 10.0 Å². The van der Waals surface area contributed by atoms with Crippen LogP contribution in [-0.4, -0.2) is 26.5 Å². The highest BCUT2D eigenvalue weighted by molar-refractivity contribution is 7.92. The quantitative estimate of drug-likeness (QED) is 0.579. The number of benzene rings is 3. The van der Waals surface area contributed by atoms with Gasteiger partial charge in [-0.05, 0) is 60.7 Å². The summed E-state index contributed by atoms with van der Waals surface area (Å²) in [4.78, 5) is 24.5. The number of hydrogen-bond acceptors (Lipinski definition) is 4. The van der Waals surface area contributed by atoms with Crippen LogP contribution in [0.15, 0.2) is 78.9 Å². The molecule has 0 aromatic heterocycles. The highest BCUT2D eigenvalue weighted by Crippen LogP contribution is 2.17. The van der Waals surface area contributed by atoms with Crippen molar-refractivity contribution in [3.63, 3.8) is 0 Å². The second kappa shape index (κ2) is 8.57. The zero-order valence-electron chi connectivity index (χ0n) is 15.5. The van der Waals surface area contributed by atoms with Gasteiger partial charge in [-0.15, -0.1) is 0 Å². The predicted molar refractivity (Wildman–Crippen MR) is 114 cm³/mol. The molecule has 0 unspecified atom stereocenters. The summed E-state index contributed by atoms with van der Waals surface area (Å²) in [5.74, 6) is -0.555. The fourth-order valence-electron chi connectivity index (χ4n) is 2.54. The number of anilines is 3. The molecule has 0 heterocycles. The number of amides is 2. The third-order valence-corrected chi connectivity index (χ3v) is 4.49. The second-order valence-corrected chi connectivity index (χ2v) is 8.05. The standard InChI is InChI=1S/C21H19N3O4S/c1-29(27,28)24-19-13-11-18(12-14-19)23-21(26)16-7-9-17(10-8-16)22-20(25)15-5-3-2-4-6-15/h2-14,24H,1H3,(H,22,25)(H,23,26). The first-order chi connectivity index (χ1) is 13.8. The normalized spacial score (nSPS) is 10.8. The maximum absolute atomic E-state index is 12.4. The van der Waals surface area contributed by atoms with E-state index in [9.17, 15) is 18.0 Å². The molecule has 0 aliphatic carbocycles. The van der Waals surface area contributed by atoms with Gasteiger partial charge in [0.1, 0.15) is 0 Å². The topological polar surface area (TPSA) is 104 Å². The van der Waals surface area contributed by atoms with Gasteiger partial charge in [0, 0.05) is 28.2 Å². The molecule has 8 heteroatoms. The number of carbonyl (C=O) groups is 2. The summed E-state index contributed by atoms with van der Waals surface area (Å²) in [5, 5.41) is 5.50. The Kier molecular flexibility index (Phi) is 5.94. The number of rotatable bonds is 6. The fourth-order valence-corrected chi connectivity index (χ4v) is 3.10. The molecule has 148 valence electrons. The number of sulfonamides is 1. The molecule has 29 heavy (non-hydrogen) atoms. The summed E-state index contributed by atoms with van der Waals surface area (Å²) >= 11 is 0. The monoisotopic (exact) mass is 409 g/mol. The lowest BCUT2D eigenvalue weighted by molar-refractivity contribution is 0.102. The predicted octanol–water partition coefficient (Wildman–Crippen LogP) is 3.56. The van der Waals surface area contributed by atoms with Gasteiger partial charge in [0.25, 0.3) is 11.8 Å². The third kappa shape index (κ3) is 5.91. The average molecular weight is 409 g/mol. The lowest BCUT2D eigenvalue weighted by atomic mass is 10.1. The molecule has 0 radical (unpaired) electrons. The fraction of sp³-hybridized carbons (Fsp3) is 0.0476. The maximum atomic E-state index is 12.4. The Bertz CT molecular complexity index is 1110. The highest BCUT2D eigenvalue weighted by Gasteiger charge is 2.09. The van der Waals surface area contributed by atoms with Crippen LogP contribution < -0.4 is 15.4 Å². The first-order valence-corrected chi connectivity index (χ1v) is 10.5. The van der Waals surface area contributed by atoms with Crippen LogP contribution in [0.5, 0.6) is 0 Å². The van der Waals surface area contributed by atoms with Crippen molar-refractivity contribution in [2.75, 3.05) is 21.6 Å². The Balaban J connectivity index is 1.61. The van der Waals surface area contributed by atoms with Crippen LogP contribution in [0.1, 0.15) is 20.7 Å². The van der Waals surface area contributed by atoms with Gasteiger partial charge >= 0.3 is 0 Å². The van der Waals surface area contributed by atoms with Crippen molar-refractivity contribution in [1.82, 2.24) is 0 Å². The molecule has 0 spiro atoms. The lowest BCUT2D eigenvalue weighted by Gasteiger charge is -2.09. The molecule has 0 saturated carbocycles. The van der Waals surface area contributed by atoms with E-state index in [4.69, 9.17) is 0 Å². The van der Waals surface area contributed by atoms with Gasteiger partial charge in [-0.25, -0.2) is 8.42 Å². The largest absolute Gasteiger partial charge is 0.322 e. The van der Waals surface area contributed by atoms with Crippen LogP contribution in [-0.2, 0) is 10.0 Å². The molecule has 0 bridgehead atoms. The zero-order valence-corrected chi connectivity index (χ0v) is 16.4. The van der Waals surface area contributed by atoms with Crippen molar-refractivity contribution < 1.29 is 18.0 Å². The molecule has 3 aromatic rings. The lowest BCUT2D eigenvalue weighted by Crippen LogP contribution is -2.14. The molecule has 0 saturated heterocycles. The molecule has 0 atom stereocenters. The van der Waals surface area contributed by atoms with Crippen molar-refractivity contribution >= 4 is 38.9 Å². The van der Waals surface area contributed by atoms with Crippen molar-refractivity contribution in [1.29, 1.82) is 0 Å². The Hall–Kier alpha value is -3.65. The van der Waals surface area contributed by atoms with Crippen molar-refractivity contribution in [3.8, 4) is 0 Å². The van der Waals surface area contributed by atoms with Crippen molar-refractivity contribution in [2.45, 2.75) is 0 Å². The first kappa shape index (κ1) is 20.1. The van der Waals surface area contributed by atoms with Crippen LogP contribution in [0.3, 0.4) is 0 Å². The van der Waals surface area contributed by atoms with Gasteiger partial charge in [-0.1, -0.05) is 18.2 Å². The molecular weight excluding hydrogens is 390 g/mol. The summed E-state index contributed by atoms with van der Waals surface area (Å²) in [7, 11) is -3.35. The summed E-state index contributed by atoms with van der Waals surface area (Å²) in [6.07, 6.45) is 1.06. The van der Waals surface area contributed by atoms with Gasteiger partial charge in [-0.3, -0.25) is 14.3 Å². The van der Waals surface area contributed by atoms with Gasteiger partial charge in [0.2, 0.25) is 10.0 Å². The maximum Gasteiger partial charge on any atom is 0.255 e. The van der Waals surface area contributed by atoms with E-state index >= 15 is 0 Å². The minimum absolute atomic E-state index is 0.231. The van der Waals surface area contributed by atoms with Crippen LogP contribution in [0.25, 0.3) is 0 Å². The van der Waals surface area contributed by atoms with E-state index in [1.807, 2.05) is 6.07 Å². The Morgan fingerprint density at radius 3 is 1.52 bits per heavy atom. The Morgan fingerprint density at radius 1 is 0.621 bits per heavy atom. The minimum atomic E-state index is -3.35. The summed E-state index contributed by atoms with van der Waals surface area (Å²) < 4.78 is 24.8. The molecule has 0 aliphatic rings. The highest BCUT2D eigenvalue weighted by atomic mass is 32.2. The molecule has 0 fully saturated rings. The van der Waals surface area contributed by atoms with E-state index in [0.717, 1.165) is 6.26 Å². The van der Waals surface area contributed by atoms with E-state index in [-0.39, 0.29) is 11.8 Å². The van der Waals surface area contributed by atoms with E-state index in [0.29, 0.717) is 28.2 Å². The molecule has 3 rings (SSSR count). The first-order valence-electron chi connectivity index (χ1n) is 8.66. The number of hydrogen-bond donors (Lipinski definition) is 3. The van der Waals surface area contributed by atoms with E-state index in [2.05, 4.69) is 15.4 Å². The molecular formula is C21H19N3O4S. The smallest absolute Gasteiger partial charge is 0.255 e. The summed E-state index contributed by atoms with van der Waals surface area (Å²) in [6, 6.07) is 21.6. The van der Waals surface area contributed by atoms with Crippen LogP contribution >= 0.6 is 0 Å². The molecule has 2 amide bonds. The minimum Gasteiger partial charge on any atom is -0.322 e. The van der Waals surface area contributed by atoms with Crippen LogP contribution in [0.2, 0.25) is 0 Å². The van der Waals surface area contributed by atoms with E-state index in [1.54, 1.807) is 72.8 Å². The number of nitrogens with one attached hydrogen (secondary N) is 3. The van der Waals surface area contributed by atoms with Crippen molar-refractivity contribution in [3.05, 3.63) is 90.0 Å². The van der Waals surface area contributed by atoms with Gasteiger partial charge in [0.05, 0.1) is 6.26 Å². The Labute approximate surface area is 168 Å². The molecule has 7 nitrogen and oxygen atoms in total. The van der Waals surface area contributed by atoms with Gasteiger partial charge < -0.3 is 10.6 Å². The second-order valence-electron chi connectivity index (χ2n) is 6.30. The summed E-state index contributed by atoms with van der Waals surface area (Å²) in [5.41, 5.74) is 2.47. The van der Waals surface area contributed by atoms with Gasteiger partial charge in [0.15, 0.2) is 0 Å². The SMILES string of the molecule is CS(=O)(=O)Nc1ccc(NC(=O)c2ccc(NC(=O)c3ccccc3)cc2)cc1. The summed E-state index contributed by atoms with van der Waals surface area (Å²) in [6.45, 7) is 0. The zero-order chi connectivity index (χ0) is 20.9. The number of carbonyl (C=O) groups excluding carboxylic acids is 2. The molecule has 0 aliphatic heterocycles. The van der Waals surface area contributed by atoms with Gasteiger partial charge in [-0.2, -0.15) is 0 Å². The molecule has 3 N–H and O–H groups in total. The van der Waals surface area contributed by atoms with Crippen LogP contribution in [0, 0.1) is 0 Å². The van der Waals surface area contributed by atoms with Crippen molar-refractivity contribution in [2.24, 2.45) is 0 Å². The van der Waals surface area contributed by atoms with E-state index in [1.165, 1.54) is 0 Å². The average Bonchev–Trinajstić information content (AvgIpc) is 2.69. The molecule has 3 aromatic carbocycles. The third-order valence-electron chi connectivity index (χ3n) is 3.89. The Morgan fingerprint density at radius 2 is 1.03 bits per heavy atom. The van der Waals surface area contributed by atoms with Crippen LogP contribution in [0.4, 0.5) is 17.1 Å².